The molecule has 2 aromatic rings. The van der Waals surface area contributed by atoms with Gasteiger partial charge in [0.15, 0.2) is 11.6 Å². The number of carbonyl (C=O) groups is 1. The van der Waals surface area contributed by atoms with E-state index in [2.05, 4.69) is 5.32 Å². The van der Waals surface area contributed by atoms with E-state index in [4.69, 9.17) is 4.74 Å². The molecule has 0 spiro atoms. The zero-order valence-electron chi connectivity index (χ0n) is 13.5. The first-order chi connectivity index (χ1) is 11.4. The van der Waals surface area contributed by atoms with Gasteiger partial charge in [-0.3, -0.25) is 4.79 Å². The Bertz CT molecular complexity index is 718. The molecule has 0 heterocycles. The maximum absolute atomic E-state index is 14.2. The molecule has 0 aliphatic rings. The van der Waals surface area contributed by atoms with E-state index in [0.29, 0.717) is 5.56 Å². The zero-order valence-corrected chi connectivity index (χ0v) is 13.5. The van der Waals surface area contributed by atoms with Crippen molar-refractivity contribution in [3.63, 3.8) is 0 Å². The Morgan fingerprint density at radius 2 is 1.88 bits per heavy atom. The molecule has 2 aromatic carbocycles. The molecule has 2 rings (SSSR count). The third-order valence-corrected chi connectivity index (χ3v) is 3.57. The van der Waals surface area contributed by atoms with Crippen LogP contribution in [0, 0.1) is 11.6 Å². The number of nitrogens with one attached hydrogen (secondary N) is 1. The predicted molar refractivity (Wildman–Crippen MR) is 85.9 cm³/mol. The van der Waals surface area contributed by atoms with E-state index >= 15 is 0 Å². The lowest BCUT2D eigenvalue weighted by Gasteiger charge is -2.24. The van der Waals surface area contributed by atoms with E-state index in [1.165, 1.54) is 6.92 Å². The highest BCUT2D eigenvalue weighted by molar-refractivity contribution is 5.95. The summed E-state index contributed by atoms with van der Waals surface area (Å²) in [4.78, 5) is 12.2. The first-order valence-corrected chi connectivity index (χ1v) is 7.53. The van der Waals surface area contributed by atoms with Crippen molar-refractivity contribution in [1.82, 2.24) is 5.32 Å². The maximum atomic E-state index is 14.2. The average molecular weight is 335 g/mol. The van der Waals surface area contributed by atoms with Crippen LogP contribution in [0.2, 0.25) is 0 Å². The predicted octanol–water partition coefficient (Wildman–Crippen LogP) is 3.00. The van der Waals surface area contributed by atoms with Gasteiger partial charge in [0.2, 0.25) is 0 Å². The van der Waals surface area contributed by atoms with Gasteiger partial charge in [-0.1, -0.05) is 30.3 Å². The summed E-state index contributed by atoms with van der Waals surface area (Å²) in [6.45, 7) is 3.14. The molecular formula is C18H19F2NO3. The molecule has 4 nitrogen and oxygen atoms in total. The van der Waals surface area contributed by atoms with Crippen LogP contribution in [0.5, 0.6) is 5.75 Å². The van der Waals surface area contributed by atoms with Gasteiger partial charge in [-0.25, -0.2) is 8.78 Å². The van der Waals surface area contributed by atoms with Crippen LogP contribution >= 0.6 is 0 Å². The van der Waals surface area contributed by atoms with Crippen molar-refractivity contribution < 1.29 is 23.4 Å². The number of aliphatic hydroxyl groups is 1. The highest BCUT2D eigenvalue weighted by atomic mass is 19.1. The molecule has 1 amide bonds. The topological polar surface area (TPSA) is 58.6 Å². The van der Waals surface area contributed by atoms with Crippen molar-refractivity contribution >= 4 is 5.91 Å². The Morgan fingerprint density at radius 1 is 1.21 bits per heavy atom. The molecule has 0 aromatic heterocycles. The molecule has 128 valence electrons. The normalized spacial score (nSPS) is 13.2. The van der Waals surface area contributed by atoms with E-state index in [0.717, 1.165) is 12.1 Å². The Hall–Kier alpha value is -2.47. The fourth-order valence-electron chi connectivity index (χ4n) is 2.25. The lowest BCUT2D eigenvalue weighted by molar-refractivity contribution is 0.0523. The summed E-state index contributed by atoms with van der Waals surface area (Å²) in [5.74, 6) is -3.21. The van der Waals surface area contributed by atoms with Gasteiger partial charge < -0.3 is 15.2 Å². The molecule has 6 heteroatoms. The standard InChI is InChI=1S/C18H19F2NO3/c1-3-24-14-10-9-13(19)15(16(14)20)17(22)21-11-18(2,23)12-7-5-4-6-8-12/h4-10,23H,3,11H2,1-2H3,(H,21,22). The van der Waals surface area contributed by atoms with Crippen molar-refractivity contribution in [3.8, 4) is 5.75 Å². The van der Waals surface area contributed by atoms with E-state index in [9.17, 15) is 18.7 Å². The lowest BCUT2D eigenvalue weighted by Crippen LogP contribution is -2.39. The van der Waals surface area contributed by atoms with Crippen molar-refractivity contribution in [2.75, 3.05) is 13.2 Å². The van der Waals surface area contributed by atoms with Gasteiger partial charge in [0.05, 0.1) is 13.2 Å². The SMILES string of the molecule is CCOc1ccc(F)c(C(=O)NCC(C)(O)c2ccccc2)c1F. The number of hydrogen-bond donors (Lipinski definition) is 2. The van der Waals surface area contributed by atoms with Crippen molar-refractivity contribution in [3.05, 3.63) is 65.2 Å². The molecule has 24 heavy (non-hydrogen) atoms. The number of ether oxygens (including phenoxy) is 1. The molecule has 0 aliphatic heterocycles. The van der Waals surface area contributed by atoms with Crippen LogP contribution in [0.3, 0.4) is 0 Å². The molecule has 1 atom stereocenters. The van der Waals surface area contributed by atoms with Gasteiger partial charge in [0, 0.05) is 0 Å². The Labute approximate surface area is 139 Å². The van der Waals surface area contributed by atoms with Crippen LogP contribution < -0.4 is 10.1 Å². The minimum atomic E-state index is -1.37. The minimum Gasteiger partial charge on any atom is -0.491 e. The number of benzene rings is 2. The summed E-state index contributed by atoms with van der Waals surface area (Å²) in [6, 6.07) is 10.8. The fourth-order valence-corrected chi connectivity index (χ4v) is 2.25. The molecule has 0 bridgehead atoms. The number of hydrogen-bond acceptors (Lipinski definition) is 3. The van der Waals surface area contributed by atoms with Crippen molar-refractivity contribution in [2.45, 2.75) is 19.4 Å². The minimum absolute atomic E-state index is 0.187. The summed E-state index contributed by atoms with van der Waals surface area (Å²) >= 11 is 0. The molecule has 0 radical (unpaired) electrons. The number of carbonyl (C=O) groups excluding carboxylic acids is 1. The van der Waals surface area contributed by atoms with Gasteiger partial charge in [0.25, 0.3) is 5.91 Å². The highest BCUT2D eigenvalue weighted by Crippen LogP contribution is 2.24. The molecule has 0 fully saturated rings. The van der Waals surface area contributed by atoms with E-state index in [-0.39, 0.29) is 18.9 Å². The van der Waals surface area contributed by atoms with Crippen LogP contribution in [-0.4, -0.2) is 24.2 Å². The van der Waals surface area contributed by atoms with E-state index in [1.807, 2.05) is 0 Å². The molecular weight excluding hydrogens is 316 g/mol. The van der Waals surface area contributed by atoms with Gasteiger partial charge >= 0.3 is 0 Å². The molecule has 0 saturated heterocycles. The van der Waals surface area contributed by atoms with Crippen molar-refractivity contribution in [1.29, 1.82) is 0 Å². The van der Waals surface area contributed by atoms with Crippen LogP contribution in [0.1, 0.15) is 29.8 Å². The summed E-state index contributed by atoms with van der Waals surface area (Å²) in [5, 5.41) is 12.8. The maximum Gasteiger partial charge on any atom is 0.257 e. The van der Waals surface area contributed by atoms with Crippen LogP contribution in [0.25, 0.3) is 0 Å². The first-order valence-electron chi connectivity index (χ1n) is 7.53. The monoisotopic (exact) mass is 335 g/mol. The van der Waals surface area contributed by atoms with Gasteiger partial charge in [-0.15, -0.1) is 0 Å². The summed E-state index contributed by atoms with van der Waals surface area (Å²) < 4.78 is 33.1. The number of halogens is 2. The third kappa shape index (κ3) is 3.89. The summed E-state index contributed by atoms with van der Waals surface area (Å²) in [6.07, 6.45) is 0. The second kappa shape index (κ2) is 7.40. The second-order valence-corrected chi connectivity index (χ2v) is 5.49. The number of amides is 1. The second-order valence-electron chi connectivity index (χ2n) is 5.49. The van der Waals surface area contributed by atoms with Gasteiger partial charge in [-0.2, -0.15) is 0 Å². The smallest absolute Gasteiger partial charge is 0.257 e. The van der Waals surface area contributed by atoms with E-state index in [1.54, 1.807) is 37.3 Å². The summed E-state index contributed by atoms with van der Waals surface area (Å²) in [5.41, 5.74) is -1.53. The van der Waals surface area contributed by atoms with E-state index < -0.39 is 28.7 Å². The van der Waals surface area contributed by atoms with Crippen molar-refractivity contribution in [2.24, 2.45) is 0 Å². The number of rotatable bonds is 6. The zero-order chi connectivity index (χ0) is 17.7. The first kappa shape index (κ1) is 17.9. The van der Waals surface area contributed by atoms with Crippen LogP contribution in [0.15, 0.2) is 42.5 Å². The fraction of sp³-hybridized carbons (Fsp3) is 0.278. The largest absolute Gasteiger partial charge is 0.491 e. The lowest BCUT2D eigenvalue weighted by atomic mass is 9.96. The molecule has 2 N–H and O–H groups in total. The average Bonchev–Trinajstić information content (AvgIpc) is 2.57. The van der Waals surface area contributed by atoms with Gasteiger partial charge in [0.1, 0.15) is 17.0 Å². The Morgan fingerprint density at radius 3 is 2.50 bits per heavy atom. The van der Waals surface area contributed by atoms with Gasteiger partial charge in [-0.05, 0) is 31.5 Å². The van der Waals surface area contributed by atoms with Crippen LogP contribution in [0.4, 0.5) is 8.78 Å². The third-order valence-electron chi connectivity index (χ3n) is 3.57. The highest BCUT2D eigenvalue weighted by Gasteiger charge is 2.26. The summed E-state index contributed by atoms with van der Waals surface area (Å²) in [7, 11) is 0. The Balaban J connectivity index is 2.17. The quantitative estimate of drug-likeness (QED) is 0.853. The molecule has 1 unspecified atom stereocenters. The van der Waals surface area contributed by atoms with Crippen LogP contribution in [-0.2, 0) is 5.60 Å². The molecule has 0 saturated carbocycles. The molecule has 0 aliphatic carbocycles. The Kier molecular flexibility index (Phi) is 5.51.